The maximum absolute atomic E-state index is 12.4. The van der Waals surface area contributed by atoms with E-state index in [-0.39, 0.29) is 12.5 Å². The van der Waals surface area contributed by atoms with Gasteiger partial charge < -0.3 is 19.2 Å². The Bertz CT molecular complexity index is 1560. The summed E-state index contributed by atoms with van der Waals surface area (Å²) in [6.45, 7) is 3.28. The lowest BCUT2D eigenvalue weighted by molar-refractivity contribution is 0.0389. The van der Waals surface area contributed by atoms with Crippen molar-refractivity contribution >= 4 is 16.8 Å². The lowest BCUT2D eigenvalue weighted by Gasteiger charge is -2.35. The van der Waals surface area contributed by atoms with E-state index in [4.69, 9.17) is 14.1 Å². The van der Waals surface area contributed by atoms with Crippen LogP contribution in [0.3, 0.4) is 0 Å². The summed E-state index contributed by atoms with van der Waals surface area (Å²) in [5.74, 6) is 0.967. The number of β-amino-alcohol motifs (C(OH)–C–C–N with tert-alkyl or cyclic N) is 1. The van der Waals surface area contributed by atoms with Gasteiger partial charge in [-0.3, -0.25) is 9.69 Å². The Morgan fingerprint density at radius 3 is 2.38 bits per heavy atom. The van der Waals surface area contributed by atoms with E-state index in [0.29, 0.717) is 44.2 Å². The molecule has 7 nitrogen and oxygen atoms in total. The van der Waals surface area contributed by atoms with Gasteiger partial charge >= 0.3 is 0 Å². The summed E-state index contributed by atoms with van der Waals surface area (Å²) in [4.78, 5) is 21.3. The molecule has 2 aromatic heterocycles. The SMILES string of the molecule is O=C(c1ccco1)N1CCN(CC(O)COc2ccc(-c3cc(-c4ccccc4)c4ccccc4n3)cc2)CC1. The summed E-state index contributed by atoms with van der Waals surface area (Å²) in [6, 6.07) is 31.9. The molecule has 40 heavy (non-hydrogen) atoms. The molecule has 0 spiro atoms. The first kappa shape index (κ1) is 25.8. The number of para-hydroxylation sites is 1. The Morgan fingerprint density at radius 2 is 1.62 bits per heavy atom. The van der Waals surface area contributed by atoms with Crippen LogP contribution in [0.4, 0.5) is 0 Å². The lowest BCUT2D eigenvalue weighted by atomic mass is 9.98. The maximum atomic E-state index is 12.4. The van der Waals surface area contributed by atoms with Crippen LogP contribution in [-0.4, -0.2) is 71.2 Å². The first-order valence-electron chi connectivity index (χ1n) is 13.6. The molecule has 202 valence electrons. The third-order valence-electron chi connectivity index (χ3n) is 7.25. The fourth-order valence-corrected chi connectivity index (χ4v) is 5.13. The number of hydrogen-bond acceptors (Lipinski definition) is 6. The molecule has 1 fully saturated rings. The molecule has 1 saturated heterocycles. The van der Waals surface area contributed by atoms with Crippen molar-refractivity contribution in [2.24, 2.45) is 0 Å². The highest BCUT2D eigenvalue weighted by molar-refractivity contribution is 5.96. The summed E-state index contributed by atoms with van der Waals surface area (Å²) in [5.41, 5.74) is 5.15. The van der Waals surface area contributed by atoms with Crippen LogP contribution in [0.25, 0.3) is 33.3 Å². The van der Waals surface area contributed by atoms with E-state index in [1.54, 1.807) is 17.0 Å². The van der Waals surface area contributed by atoms with E-state index in [0.717, 1.165) is 33.3 Å². The van der Waals surface area contributed by atoms with Crippen molar-refractivity contribution in [1.82, 2.24) is 14.8 Å². The predicted molar refractivity (Wildman–Crippen MR) is 155 cm³/mol. The predicted octanol–water partition coefficient (Wildman–Crippen LogP) is 5.36. The van der Waals surface area contributed by atoms with Crippen molar-refractivity contribution in [2.75, 3.05) is 39.3 Å². The molecule has 1 unspecified atom stereocenters. The van der Waals surface area contributed by atoms with Gasteiger partial charge in [-0.05, 0) is 59.7 Å². The van der Waals surface area contributed by atoms with Gasteiger partial charge in [-0.2, -0.15) is 0 Å². The number of rotatable bonds is 8. The monoisotopic (exact) mass is 533 g/mol. The number of ether oxygens (including phenoxy) is 1. The van der Waals surface area contributed by atoms with Gasteiger partial charge in [0.1, 0.15) is 18.5 Å². The fourth-order valence-electron chi connectivity index (χ4n) is 5.13. The number of benzene rings is 3. The summed E-state index contributed by atoms with van der Waals surface area (Å²) in [6.07, 6.45) is 0.873. The Hall–Kier alpha value is -4.46. The molecular formula is C33H31N3O4. The van der Waals surface area contributed by atoms with Gasteiger partial charge in [0.15, 0.2) is 5.76 Å². The molecule has 1 aliphatic rings. The molecule has 0 saturated carbocycles. The van der Waals surface area contributed by atoms with Crippen LogP contribution in [0, 0.1) is 0 Å². The Labute approximate surface area is 233 Å². The maximum Gasteiger partial charge on any atom is 0.289 e. The Kier molecular flexibility index (Phi) is 7.57. The highest BCUT2D eigenvalue weighted by Gasteiger charge is 2.24. The zero-order valence-corrected chi connectivity index (χ0v) is 22.1. The van der Waals surface area contributed by atoms with E-state index in [9.17, 15) is 9.90 Å². The van der Waals surface area contributed by atoms with Gasteiger partial charge in [-0.1, -0.05) is 48.5 Å². The highest BCUT2D eigenvalue weighted by Crippen LogP contribution is 2.32. The molecule has 1 N–H and O–H groups in total. The van der Waals surface area contributed by atoms with Gasteiger partial charge in [-0.15, -0.1) is 0 Å². The average molecular weight is 534 g/mol. The van der Waals surface area contributed by atoms with Crippen molar-refractivity contribution in [1.29, 1.82) is 0 Å². The molecule has 3 heterocycles. The number of aromatic nitrogens is 1. The number of carbonyl (C=O) groups is 1. The third-order valence-corrected chi connectivity index (χ3v) is 7.25. The molecule has 0 radical (unpaired) electrons. The number of amides is 1. The summed E-state index contributed by atoms with van der Waals surface area (Å²) < 4.78 is 11.1. The number of pyridine rings is 1. The summed E-state index contributed by atoms with van der Waals surface area (Å²) >= 11 is 0. The van der Waals surface area contributed by atoms with E-state index < -0.39 is 6.10 Å². The first-order chi connectivity index (χ1) is 19.6. The van der Waals surface area contributed by atoms with Crippen molar-refractivity contribution in [3.05, 3.63) is 109 Å². The number of furan rings is 1. The highest BCUT2D eigenvalue weighted by atomic mass is 16.5. The third kappa shape index (κ3) is 5.76. The molecule has 0 aliphatic carbocycles. The molecule has 5 aromatic rings. The largest absolute Gasteiger partial charge is 0.491 e. The van der Waals surface area contributed by atoms with Crippen molar-refractivity contribution < 1.29 is 19.1 Å². The van der Waals surface area contributed by atoms with Crippen LogP contribution in [0.1, 0.15) is 10.6 Å². The smallest absolute Gasteiger partial charge is 0.289 e. The minimum Gasteiger partial charge on any atom is -0.491 e. The Morgan fingerprint density at radius 1 is 0.875 bits per heavy atom. The van der Waals surface area contributed by atoms with E-state index in [1.165, 1.54) is 6.26 Å². The molecule has 1 aliphatic heterocycles. The van der Waals surface area contributed by atoms with Crippen LogP contribution < -0.4 is 4.74 Å². The van der Waals surface area contributed by atoms with Gasteiger partial charge in [0, 0.05) is 43.7 Å². The molecule has 1 amide bonds. The number of aliphatic hydroxyl groups excluding tert-OH is 1. The number of nitrogens with zero attached hydrogens (tertiary/aromatic N) is 3. The second-order valence-electron chi connectivity index (χ2n) is 10.00. The van der Waals surface area contributed by atoms with Crippen molar-refractivity contribution in [3.63, 3.8) is 0 Å². The fraction of sp³-hybridized carbons (Fsp3) is 0.212. The van der Waals surface area contributed by atoms with E-state index in [2.05, 4.69) is 29.2 Å². The van der Waals surface area contributed by atoms with Gasteiger partial charge in [0.05, 0.1) is 17.5 Å². The van der Waals surface area contributed by atoms with E-state index in [1.807, 2.05) is 60.7 Å². The summed E-state index contributed by atoms with van der Waals surface area (Å²) in [7, 11) is 0. The molecule has 7 heteroatoms. The second kappa shape index (κ2) is 11.7. The number of hydrogen-bond donors (Lipinski definition) is 1. The minimum atomic E-state index is -0.636. The standard InChI is InChI=1S/C33H31N3O4/c37-26(22-35-16-18-36(19-17-35)33(38)32-11-6-20-39-32)23-40-27-14-12-25(13-15-27)31-21-29(24-7-2-1-3-8-24)28-9-4-5-10-30(28)34-31/h1-15,20-21,26,37H,16-19,22-23H2. The summed E-state index contributed by atoms with van der Waals surface area (Å²) in [5, 5.41) is 11.7. The molecule has 1 atom stereocenters. The topological polar surface area (TPSA) is 79.0 Å². The van der Waals surface area contributed by atoms with Crippen LogP contribution in [0.2, 0.25) is 0 Å². The molecule has 3 aromatic carbocycles. The number of aliphatic hydroxyl groups is 1. The van der Waals surface area contributed by atoms with Gasteiger partial charge in [0.25, 0.3) is 5.91 Å². The van der Waals surface area contributed by atoms with Crippen LogP contribution in [-0.2, 0) is 0 Å². The van der Waals surface area contributed by atoms with Gasteiger partial charge in [-0.25, -0.2) is 4.98 Å². The first-order valence-corrected chi connectivity index (χ1v) is 13.6. The molecular weight excluding hydrogens is 502 g/mol. The number of carbonyl (C=O) groups excluding carboxylic acids is 1. The molecule has 6 rings (SSSR count). The van der Waals surface area contributed by atoms with Crippen LogP contribution >= 0.6 is 0 Å². The van der Waals surface area contributed by atoms with Crippen molar-refractivity contribution in [3.8, 4) is 28.1 Å². The molecule has 0 bridgehead atoms. The number of piperazine rings is 1. The van der Waals surface area contributed by atoms with Crippen molar-refractivity contribution in [2.45, 2.75) is 6.10 Å². The second-order valence-corrected chi connectivity index (χ2v) is 10.00. The minimum absolute atomic E-state index is 0.0906. The average Bonchev–Trinajstić information content (AvgIpc) is 3.56. The van der Waals surface area contributed by atoms with Crippen LogP contribution in [0.15, 0.2) is 108 Å². The zero-order valence-electron chi connectivity index (χ0n) is 22.1. The lowest BCUT2D eigenvalue weighted by Crippen LogP contribution is -2.50. The normalized spacial score (nSPS) is 14.8. The Balaban J connectivity index is 1.05. The zero-order chi connectivity index (χ0) is 27.3. The quantitative estimate of drug-likeness (QED) is 0.289. The van der Waals surface area contributed by atoms with Crippen LogP contribution in [0.5, 0.6) is 5.75 Å². The van der Waals surface area contributed by atoms with Gasteiger partial charge in [0.2, 0.25) is 0 Å². The number of fused-ring (bicyclic) bond motifs is 1. The van der Waals surface area contributed by atoms with E-state index >= 15 is 0 Å².